The first kappa shape index (κ1) is 21.7. The number of rotatable bonds is 7. The predicted octanol–water partition coefficient (Wildman–Crippen LogP) is 4.52. The second-order valence-electron chi connectivity index (χ2n) is 7.48. The van der Waals surface area contributed by atoms with E-state index in [1.807, 2.05) is 56.3 Å². The van der Waals surface area contributed by atoms with Gasteiger partial charge in [0.15, 0.2) is 12.3 Å². The summed E-state index contributed by atoms with van der Waals surface area (Å²) >= 11 is 1.49. The maximum atomic E-state index is 12.5. The number of amides is 1. The van der Waals surface area contributed by atoms with Crippen molar-refractivity contribution < 1.29 is 14.1 Å². The fraction of sp³-hybridized carbons (Fsp3) is 0.208. The van der Waals surface area contributed by atoms with E-state index in [1.54, 1.807) is 13.0 Å². The molecule has 4 rings (SSSR count). The van der Waals surface area contributed by atoms with E-state index in [2.05, 4.69) is 10.3 Å². The summed E-state index contributed by atoms with van der Waals surface area (Å²) in [6.07, 6.45) is 0. The molecule has 0 fully saturated rings. The number of hydrogen-bond acceptors (Lipinski definition) is 6. The third kappa shape index (κ3) is 5.03. The van der Waals surface area contributed by atoms with Crippen molar-refractivity contribution in [3.05, 3.63) is 87.5 Å². The highest BCUT2D eigenvalue weighted by Gasteiger charge is 2.11. The molecule has 32 heavy (non-hydrogen) atoms. The van der Waals surface area contributed by atoms with Gasteiger partial charge in [-0.25, -0.2) is 4.98 Å². The first-order valence-corrected chi connectivity index (χ1v) is 11.1. The summed E-state index contributed by atoms with van der Waals surface area (Å²) < 4.78 is 12.2. The molecule has 1 amide bonds. The van der Waals surface area contributed by atoms with Gasteiger partial charge in [-0.3, -0.25) is 9.59 Å². The Balaban J connectivity index is 1.41. The molecule has 2 aromatic carbocycles. The zero-order valence-electron chi connectivity index (χ0n) is 18.0. The van der Waals surface area contributed by atoms with Crippen LogP contribution in [-0.2, 0) is 10.5 Å². The Morgan fingerprint density at radius 1 is 1.12 bits per heavy atom. The number of nitrogens with zero attached hydrogens (tertiary/aromatic N) is 2. The van der Waals surface area contributed by atoms with Crippen LogP contribution < -0.4 is 15.6 Å². The third-order valence-corrected chi connectivity index (χ3v) is 5.86. The highest BCUT2D eigenvalue weighted by Crippen LogP contribution is 2.29. The van der Waals surface area contributed by atoms with Crippen molar-refractivity contribution >= 4 is 29.0 Å². The van der Waals surface area contributed by atoms with Crippen LogP contribution in [0.1, 0.15) is 22.6 Å². The van der Waals surface area contributed by atoms with Gasteiger partial charge in [0.05, 0.1) is 11.4 Å². The Morgan fingerprint density at radius 2 is 1.94 bits per heavy atom. The molecular formula is C24H23N3O4S. The Morgan fingerprint density at radius 3 is 2.75 bits per heavy atom. The topological polar surface area (TPSA) is 85.8 Å². The molecule has 0 aliphatic heterocycles. The van der Waals surface area contributed by atoms with E-state index in [4.69, 9.17) is 9.26 Å². The van der Waals surface area contributed by atoms with E-state index in [0.717, 1.165) is 16.0 Å². The summed E-state index contributed by atoms with van der Waals surface area (Å²) in [7, 11) is 0. The second kappa shape index (κ2) is 9.32. The summed E-state index contributed by atoms with van der Waals surface area (Å²) in [6.45, 7) is 5.65. The van der Waals surface area contributed by atoms with Crippen molar-refractivity contribution in [2.75, 3.05) is 11.9 Å². The standard InChI is InChI=1S/C24H23N3O4S/c1-15-8-9-20(16(2)10-15)30-13-23(28)26-19-6-4-5-7-21(19)32-14-18-12-24(29)27-22(25-18)11-17(3)31-27/h4-12H,13-14H2,1-3H3,(H,26,28). The Hall–Kier alpha value is -3.52. The number of aromatic nitrogens is 2. The van der Waals surface area contributed by atoms with Gasteiger partial charge in [0, 0.05) is 22.8 Å². The molecule has 0 atom stereocenters. The van der Waals surface area contributed by atoms with E-state index in [0.29, 0.717) is 34.3 Å². The second-order valence-corrected chi connectivity index (χ2v) is 8.49. The van der Waals surface area contributed by atoms with Crippen LogP contribution in [0.15, 0.2) is 68.8 Å². The smallest absolute Gasteiger partial charge is 0.287 e. The number of hydrogen-bond donors (Lipinski definition) is 1. The molecule has 7 nitrogen and oxygen atoms in total. The molecule has 8 heteroatoms. The minimum Gasteiger partial charge on any atom is -0.483 e. The Labute approximate surface area is 189 Å². The Kier molecular flexibility index (Phi) is 6.32. The molecule has 0 aliphatic carbocycles. The van der Waals surface area contributed by atoms with Crippen molar-refractivity contribution in [1.82, 2.24) is 9.56 Å². The van der Waals surface area contributed by atoms with Gasteiger partial charge >= 0.3 is 0 Å². The molecule has 1 N–H and O–H groups in total. The average Bonchev–Trinajstić information content (AvgIpc) is 3.13. The van der Waals surface area contributed by atoms with Crippen LogP contribution in [0.2, 0.25) is 0 Å². The van der Waals surface area contributed by atoms with Crippen LogP contribution in [0.5, 0.6) is 5.75 Å². The summed E-state index contributed by atoms with van der Waals surface area (Å²) in [4.78, 5) is 30.0. The van der Waals surface area contributed by atoms with Gasteiger partial charge in [-0.1, -0.05) is 29.8 Å². The molecule has 164 valence electrons. The summed E-state index contributed by atoms with van der Waals surface area (Å²) in [5.74, 6) is 1.54. The number of benzene rings is 2. The average molecular weight is 450 g/mol. The maximum absolute atomic E-state index is 12.5. The number of ether oxygens (including phenoxy) is 1. The highest BCUT2D eigenvalue weighted by molar-refractivity contribution is 7.98. The number of carbonyl (C=O) groups excluding carboxylic acids is 1. The molecule has 0 unspecified atom stereocenters. The predicted molar refractivity (Wildman–Crippen MR) is 125 cm³/mol. The number of carbonyl (C=O) groups is 1. The van der Waals surface area contributed by atoms with Crippen molar-refractivity contribution in [2.45, 2.75) is 31.4 Å². The summed E-state index contributed by atoms with van der Waals surface area (Å²) in [5.41, 5.74) is 3.68. The molecule has 2 aromatic heterocycles. The van der Waals surface area contributed by atoms with Crippen molar-refractivity contribution in [2.24, 2.45) is 0 Å². The Bertz CT molecular complexity index is 1340. The van der Waals surface area contributed by atoms with Gasteiger partial charge in [-0.15, -0.1) is 16.3 Å². The quantitative estimate of drug-likeness (QED) is 0.418. The van der Waals surface area contributed by atoms with Gasteiger partial charge in [-0.05, 0) is 44.5 Å². The maximum Gasteiger partial charge on any atom is 0.287 e. The molecule has 0 bridgehead atoms. The third-order valence-electron chi connectivity index (χ3n) is 4.75. The van der Waals surface area contributed by atoms with Crippen LogP contribution in [0, 0.1) is 20.8 Å². The number of fused-ring (bicyclic) bond motifs is 1. The van der Waals surface area contributed by atoms with E-state index in [9.17, 15) is 9.59 Å². The number of para-hydroxylation sites is 1. The van der Waals surface area contributed by atoms with Gasteiger partial charge < -0.3 is 14.6 Å². The molecule has 0 radical (unpaired) electrons. The molecule has 2 heterocycles. The summed E-state index contributed by atoms with van der Waals surface area (Å²) in [5, 5.41) is 2.91. The van der Waals surface area contributed by atoms with E-state index in [-0.39, 0.29) is 18.1 Å². The molecule has 0 spiro atoms. The zero-order valence-corrected chi connectivity index (χ0v) is 18.9. The lowest BCUT2D eigenvalue weighted by Gasteiger charge is -2.12. The largest absolute Gasteiger partial charge is 0.483 e. The normalized spacial score (nSPS) is 11.0. The van der Waals surface area contributed by atoms with Gasteiger partial charge in [0.25, 0.3) is 11.5 Å². The molecular weight excluding hydrogens is 426 g/mol. The van der Waals surface area contributed by atoms with Crippen molar-refractivity contribution in [3.63, 3.8) is 0 Å². The molecule has 4 aromatic rings. The van der Waals surface area contributed by atoms with Crippen LogP contribution in [-0.4, -0.2) is 22.1 Å². The highest BCUT2D eigenvalue weighted by atomic mass is 32.2. The minimum absolute atomic E-state index is 0.0856. The van der Waals surface area contributed by atoms with Gasteiger partial charge in [0.2, 0.25) is 0 Å². The van der Waals surface area contributed by atoms with Crippen LogP contribution in [0.4, 0.5) is 5.69 Å². The molecule has 0 saturated carbocycles. The van der Waals surface area contributed by atoms with Crippen molar-refractivity contribution in [3.8, 4) is 5.75 Å². The van der Waals surface area contributed by atoms with Gasteiger partial charge in [-0.2, -0.15) is 0 Å². The van der Waals surface area contributed by atoms with Crippen LogP contribution in [0.25, 0.3) is 5.65 Å². The monoisotopic (exact) mass is 449 g/mol. The lowest BCUT2D eigenvalue weighted by Crippen LogP contribution is -2.20. The van der Waals surface area contributed by atoms with E-state index < -0.39 is 0 Å². The van der Waals surface area contributed by atoms with E-state index in [1.165, 1.54) is 22.4 Å². The van der Waals surface area contributed by atoms with Crippen molar-refractivity contribution in [1.29, 1.82) is 0 Å². The lowest BCUT2D eigenvalue weighted by molar-refractivity contribution is -0.118. The first-order chi connectivity index (χ1) is 15.4. The fourth-order valence-electron chi connectivity index (χ4n) is 3.29. The SMILES string of the molecule is Cc1ccc(OCC(=O)Nc2ccccc2SCc2cc(=O)n3oc(C)cc3n2)c(C)c1. The zero-order chi connectivity index (χ0) is 22.7. The van der Waals surface area contributed by atoms with E-state index >= 15 is 0 Å². The number of thioether (sulfide) groups is 1. The number of aryl methyl sites for hydroxylation is 3. The lowest BCUT2D eigenvalue weighted by atomic mass is 10.1. The van der Waals surface area contributed by atoms with Crippen LogP contribution >= 0.6 is 11.8 Å². The number of anilines is 1. The molecule has 0 saturated heterocycles. The van der Waals surface area contributed by atoms with Crippen LogP contribution in [0.3, 0.4) is 0 Å². The van der Waals surface area contributed by atoms with Gasteiger partial charge in [0.1, 0.15) is 11.5 Å². The minimum atomic E-state index is -0.260. The summed E-state index contributed by atoms with van der Waals surface area (Å²) in [6, 6.07) is 16.5. The first-order valence-electron chi connectivity index (χ1n) is 10.1. The number of nitrogens with one attached hydrogen (secondary N) is 1. The fourth-order valence-corrected chi connectivity index (χ4v) is 4.19. The molecule has 0 aliphatic rings.